The summed E-state index contributed by atoms with van der Waals surface area (Å²) in [5.74, 6) is 1.79. The molecule has 1 aromatic carbocycles. The molecule has 5 fully saturated rings. The number of aliphatic hydroxyl groups excluding tert-OH is 1. The lowest BCUT2D eigenvalue weighted by atomic mass is 9.42. The van der Waals surface area contributed by atoms with Crippen LogP contribution in [-0.2, 0) is 10.2 Å². The van der Waals surface area contributed by atoms with Crippen LogP contribution in [0.3, 0.4) is 0 Å². The molecule has 3 N–H and O–H groups in total. The summed E-state index contributed by atoms with van der Waals surface area (Å²) in [5, 5.41) is 16.5. The number of carbonyl (C=O) groups excluding carboxylic acids is 1. The highest BCUT2D eigenvalue weighted by molar-refractivity contribution is 5.85. The van der Waals surface area contributed by atoms with E-state index in [0.717, 1.165) is 25.8 Å². The summed E-state index contributed by atoms with van der Waals surface area (Å²) < 4.78 is 0. The first-order chi connectivity index (χ1) is 13.0. The molecule has 6 rings (SSSR count). The Hall–Kier alpha value is -1.10. The molecule has 5 aliphatic rings. The monoisotopic (exact) mass is 404 g/mol. The Morgan fingerprint density at radius 1 is 1.14 bits per heavy atom. The first-order valence-electron chi connectivity index (χ1n) is 10.7. The van der Waals surface area contributed by atoms with Crippen LogP contribution in [0.15, 0.2) is 24.3 Å². The van der Waals surface area contributed by atoms with Gasteiger partial charge in [-0.1, -0.05) is 29.8 Å². The van der Waals surface area contributed by atoms with Crippen molar-refractivity contribution < 1.29 is 9.90 Å². The molecule has 4 atom stereocenters. The van der Waals surface area contributed by atoms with E-state index in [1.54, 1.807) is 0 Å². The summed E-state index contributed by atoms with van der Waals surface area (Å²) in [6.07, 6.45) is 6.63. The first kappa shape index (κ1) is 20.2. The summed E-state index contributed by atoms with van der Waals surface area (Å²) in [5.41, 5.74) is 2.77. The molecule has 5 heteroatoms. The van der Waals surface area contributed by atoms with Gasteiger partial charge in [-0.2, -0.15) is 0 Å². The molecular weight excluding hydrogens is 372 g/mol. The van der Waals surface area contributed by atoms with Crippen LogP contribution in [0.5, 0.6) is 0 Å². The smallest absolute Gasteiger partial charge is 0.226 e. The molecule has 1 aromatic rings. The Bertz CT molecular complexity index is 721. The first-order valence-corrected chi connectivity index (χ1v) is 10.7. The van der Waals surface area contributed by atoms with Crippen LogP contribution in [0.2, 0.25) is 0 Å². The van der Waals surface area contributed by atoms with Crippen molar-refractivity contribution >= 4 is 18.3 Å². The fraction of sp³-hybridized carbons (Fsp3) is 0.696. The fourth-order valence-electron chi connectivity index (χ4n) is 7.11. The maximum Gasteiger partial charge on any atom is 0.226 e. The van der Waals surface area contributed by atoms with Crippen LogP contribution in [0.4, 0.5) is 0 Å². The molecule has 4 aliphatic carbocycles. The molecule has 0 aromatic heterocycles. The number of rotatable bonds is 4. The summed E-state index contributed by atoms with van der Waals surface area (Å²) >= 11 is 0. The summed E-state index contributed by atoms with van der Waals surface area (Å²) in [4.78, 5) is 13.4. The number of aryl methyl sites for hydroxylation is 1. The lowest BCUT2D eigenvalue weighted by Crippen LogP contribution is -2.59. The molecule has 154 valence electrons. The number of β-amino-alcohol motifs (C(OH)–C–C–N with tert-alkyl or cyclic N) is 1. The van der Waals surface area contributed by atoms with Crippen molar-refractivity contribution in [3.63, 3.8) is 0 Å². The molecule has 4 unspecified atom stereocenters. The van der Waals surface area contributed by atoms with E-state index in [4.69, 9.17) is 0 Å². The van der Waals surface area contributed by atoms with Gasteiger partial charge >= 0.3 is 0 Å². The van der Waals surface area contributed by atoms with Gasteiger partial charge in [0.1, 0.15) is 0 Å². The van der Waals surface area contributed by atoms with Gasteiger partial charge < -0.3 is 15.7 Å². The van der Waals surface area contributed by atoms with E-state index < -0.39 is 0 Å². The normalized spacial score (nSPS) is 40.9. The fourth-order valence-corrected chi connectivity index (χ4v) is 7.11. The number of carbonyl (C=O) groups is 1. The van der Waals surface area contributed by atoms with E-state index in [1.165, 1.54) is 30.4 Å². The van der Waals surface area contributed by atoms with Crippen molar-refractivity contribution in [2.45, 2.75) is 57.0 Å². The number of benzene rings is 1. The van der Waals surface area contributed by atoms with E-state index in [-0.39, 0.29) is 41.2 Å². The van der Waals surface area contributed by atoms with Crippen LogP contribution in [-0.4, -0.2) is 36.8 Å². The Morgan fingerprint density at radius 2 is 1.82 bits per heavy atom. The number of amides is 1. The van der Waals surface area contributed by atoms with Gasteiger partial charge in [0.05, 0.1) is 11.5 Å². The van der Waals surface area contributed by atoms with Gasteiger partial charge in [0.15, 0.2) is 0 Å². The van der Waals surface area contributed by atoms with Gasteiger partial charge in [0.2, 0.25) is 5.91 Å². The zero-order chi connectivity index (χ0) is 18.6. The zero-order valence-electron chi connectivity index (χ0n) is 16.7. The van der Waals surface area contributed by atoms with Gasteiger partial charge in [0, 0.05) is 25.6 Å². The van der Waals surface area contributed by atoms with E-state index in [0.29, 0.717) is 24.9 Å². The third-order valence-electron chi connectivity index (χ3n) is 8.04. The van der Waals surface area contributed by atoms with Crippen LogP contribution in [0.25, 0.3) is 0 Å². The number of nitrogens with one attached hydrogen (secondary N) is 2. The second-order valence-corrected chi connectivity index (χ2v) is 10.1. The minimum Gasteiger partial charge on any atom is -0.391 e. The third-order valence-corrected chi connectivity index (χ3v) is 8.04. The topological polar surface area (TPSA) is 61.4 Å². The largest absolute Gasteiger partial charge is 0.391 e. The van der Waals surface area contributed by atoms with Gasteiger partial charge in [0.25, 0.3) is 0 Å². The van der Waals surface area contributed by atoms with Crippen molar-refractivity contribution in [1.29, 1.82) is 0 Å². The summed E-state index contributed by atoms with van der Waals surface area (Å²) in [6.45, 7) is 4.19. The lowest BCUT2D eigenvalue weighted by molar-refractivity contribution is -0.149. The molecule has 1 saturated heterocycles. The maximum absolute atomic E-state index is 13.4. The van der Waals surface area contributed by atoms with Crippen LogP contribution < -0.4 is 10.6 Å². The minimum absolute atomic E-state index is 0. The number of hydrogen-bond acceptors (Lipinski definition) is 3. The van der Waals surface area contributed by atoms with Gasteiger partial charge in [-0.3, -0.25) is 4.79 Å². The van der Waals surface area contributed by atoms with Crippen molar-refractivity contribution in [1.82, 2.24) is 10.6 Å². The number of halogens is 1. The Kier molecular flexibility index (Phi) is 5.26. The summed E-state index contributed by atoms with van der Waals surface area (Å²) in [6, 6.07) is 9.09. The Balaban J connectivity index is 0.00000192. The molecule has 4 nitrogen and oxygen atoms in total. The predicted molar refractivity (Wildman–Crippen MR) is 113 cm³/mol. The standard InChI is InChI=1S/C23H32N2O2.ClH/c1-15-2-4-19(5-3-15)22-7-16-6-17(8-22)10-23(9-16,14-22)21(27)25-12-18-11-24-13-20(18)26;/h2-5,16-18,20,24,26H,6-14H2,1H3,(H,25,27);1H. The molecule has 1 heterocycles. The van der Waals surface area contributed by atoms with Crippen LogP contribution >= 0.6 is 12.4 Å². The van der Waals surface area contributed by atoms with Crippen molar-refractivity contribution in [2.75, 3.05) is 19.6 Å². The predicted octanol–water partition coefficient (Wildman–Crippen LogP) is 2.95. The molecule has 1 aliphatic heterocycles. The van der Waals surface area contributed by atoms with Crippen molar-refractivity contribution in [3.05, 3.63) is 35.4 Å². The molecular formula is C23H33ClN2O2. The Labute approximate surface area is 174 Å². The SMILES string of the molecule is Cc1ccc(C23CC4CC(CC(C(=O)NCC5CNCC5O)(C4)C2)C3)cc1.Cl. The van der Waals surface area contributed by atoms with E-state index >= 15 is 0 Å². The van der Waals surface area contributed by atoms with Gasteiger partial charge in [-0.25, -0.2) is 0 Å². The van der Waals surface area contributed by atoms with Gasteiger partial charge in [-0.05, 0) is 68.3 Å². The highest BCUT2D eigenvalue weighted by atomic mass is 35.5. The maximum atomic E-state index is 13.4. The van der Waals surface area contributed by atoms with Crippen LogP contribution in [0, 0.1) is 30.1 Å². The number of hydrogen-bond donors (Lipinski definition) is 3. The molecule has 0 radical (unpaired) electrons. The van der Waals surface area contributed by atoms with E-state index in [2.05, 4.69) is 41.8 Å². The van der Waals surface area contributed by atoms with Crippen molar-refractivity contribution in [2.24, 2.45) is 23.2 Å². The molecule has 0 spiro atoms. The quantitative estimate of drug-likeness (QED) is 0.723. The van der Waals surface area contributed by atoms with Crippen LogP contribution in [0.1, 0.15) is 49.7 Å². The second-order valence-electron chi connectivity index (χ2n) is 10.1. The van der Waals surface area contributed by atoms with Crippen molar-refractivity contribution in [3.8, 4) is 0 Å². The summed E-state index contributed by atoms with van der Waals surface area (Å²) in [7, 11) is 0. The lowest BCUT2D eigenvalue weighted by Gasteiger charge is -2.61. The minimum atomic E-state index is -0.333. The third kappa shape index (κ3) is 3.28. The van der Waals surface area contributed by atoms with E-state index in [1.807, 2.05) is 0 Å². The second kappa shape index (κ2) is 7.30. The van der Waals surface area contributed by atoms with Gasteiger partial charge in [-0.15, -0.1) is 12.4 Å². The highest BCUT2D eigenvalue weighted by Crippen LogP contribution is 2.65. The zero-order valence-corrected chi connectivity index (χ0v) is 17.6. The Morgan fingerprint density at radius 3 is 2.43 bits per heavy atom. The molecule has 28 heavy (non-hydrogen) atoms. The average molecular weight is 405 g/mol. The number of aliphatic hydroxyl groups is 1. The molecule has 4 saturated carbocycles. The average Bonchev–Trinajstić information content (AvgIpc) is 3.04. The molecule has 1 amide bonds. The highest BCUT2D eigenvalue weighted by Gasteiger charge is 2.60. The molecule has 4 bridgehead atoms. The van der Waals surface area contributed by atoms with E-state index in [9.17, 15) is 9.90 Å².